The molecular weight excluding hydrogens is 428 g/mol. The van der Waals surface area contributed by atoms with E-state index in [0.717, 1.165) is 43.6 Å². The summed E-state index contributed by atoms with van der Waals surface area (Å²) in [7, 11) is -3.68. The molecule has 1 aliphatic heterocycles. The summed E-state index contributed by atoms with van der Waals surface area (Å²) < 4.78 is 35.0. The van der Waals surface area contributed by atoms with Gasteiger partial charge in [-0.2, -0.15) is 4.31 Å². The number of rotatable bonds is 8. The van der Waals surface area contributed by atoms with Crippen LogP contribution in [0, 0.1) is 20.8 Å². The number of aryl methyl sites for hydroxylation is 2. The second-order valence-corrected chi connectivity index (χ2v) is 10.3. The van der Waals surface area contributed by atoms with Gasteiger partial charge in [-0.3, -0.25) is 4.79 Å². The number of aromatic nitrogens is 1. The highest BCUT2D eigenvalue weighted by Gasteiger charge is 2.28. The van der Waals surface area contributed by atoms with Crippen LogP contribution in [0.25, 0.3) is 0 Å². The molecule has 0 spiro atoms. The number of sulfonamides is 1. The van der Waals surface area contributed by atoms with E-state index in [0.29, 0.717) is 24.2 Å². The number of esters is 1. The van der Waals surface area contributed by atoms with E-state index in [1.165, 1.54) is 16.4 Å². The largest absolute Gasteiger partial charge is 0.454 e. The maximum atomic E-state index is 13.1. The van der Waals surface area contributed by atoms with E-state index in [4.69, 9.17) is 4.74 Å². The van der Waals surface area contributed by atoms with E-state index >= 15 is 0 Å². The highest BCUT2D eigenvalue weighted by molar-refractivity contribution is 7.89. The monoisotopic (exact) mass is 460 g/mol. The Bertz CT molecular complexity index is 1110. The Balaban J connectivity index is 1.74. The van der Waals surface area contributed by atoms with E-state index in [-0.39, 0.29) is 16.2 Å². The van der Waals surface area contributed by atoms with E-state index < -0.39 is 22.6 Å². The maximum absolute atomic E-state index is 13.1. The normalized spacial score (nSPS) is 15.0. The number of ketones is 1. The maximum Gasteiger partial charge on any atom is 0.338 e. The number of carbonyl (C=O) groups is 2. The van der Waals surface area contributed by atoms with E-state index in [1.807, 2.05) is 19.9 Å². The summed E-state index contributed by atoms with van der Waals surface area (Å²) in [5.41, 5.74) is 3.09. The smallest absolute Gasteiger partial charge is 0.338 e. The van der Waals surface area contributed by atoms with Crippen LogP contribution >= 0.6 is 0 Å². The molecule has 8 heteroatoms. The minimum absolute atomic E-state index is 0.114. The predicted molar refractivity (Wildman–Crippen MR) is 123 cm³/mol. The quantitative estimate of drug-likeness (QED) is 0.438. The molecule has 0 N–H and O–H groups in total. The van der Waals surface area contributed by atoms with Crippen LogP contribution in [0.1, 0.15) is 70.3 Å². The van der Waals surface area contributed by atoms with Gasteiger partial charge in [0.25, 0.3) is 0 Å². The van der Waals surface area contributed by atoms with Crippen molar-refractivity contribution in [3.05, 3.63) is 52.3 Å². The molecule has 7 nitrogen and oxygen atoms in total. The number of ether oxygens (including phenoxy) is 1. The number of carbonyl (C=O) groups excluding carboxylic acids is 2. The number of nitrogens with zero attached hydrogens (tertiary/aromatic N) is 2. The van der Waals surface area contributed by atoms with Crippen LogP contribution in [-0.4, -0.2) is 48.7 Å². The van der Waals surface area contributed by atoms with E-state index in [1.54, 1.807) is 13.0 Å². The van der Waals surface area contributed by atoms with Crippen LogP contribution in [0.3, 0.4) is 0 Å². The van der Waals surface area contributed by atoms with Crippen LogP contribution in [0.5, 0.6) is 0 Å². The molecule has 0 saturated carbocycles. The fourth-order valence-electron chi connectivity index (χ4n) is 4.19. The molecule has 0 aliphatic carbocycles. The van der Waals surface area contributed by atoms with Crippen LogP contribution < -0.4 is 0 Å². The zero-order valence-electron chi connectivity index (χ0n) is 19.3. The molecule has 2 aromatic rings. The van der Waals surface area contributed by atoms with Crippen molar-refractivity contribution in [1.29, 1.82) is 0 Å². The first-order valence-corrected chi connectivity index (χ1v) is 12.6. The molecule has 32 heavy (non-hydrogen) atoms. The van der Waals surface area contributed by atoms with E-state index in [9.17, 15) is 18.0 Å². The first-order valence-electron chi connectivity index (χ1n) is 11.1. The summed E-state index contributed by atoms with van der Waals surface area (Å²) in [4.78, 5) is 25.4. The summed E-state index contributed by atoms with van der Waals surface area (Å²) in [5, 5.41) is 0. The lowest BCUT2D eigenvalue weighted by atomic mass is 10.1. The third kappa shape index (κ3) is 4.96. The lowest BCUT2D eigenvalue weighted by Gasteiger charge is -2.26. The first-order chi connectivity index (χ1) is 15.2. The highest BCUT2D eigenvalue weighted by Crippen LogP contribution is 2.25. The van der Waals surface area contributed by atoms with Crippen molar-refractivity contribution >= 4 is 21.8 Å². The lowest BCUT2D eigenvalue weighted by Crippen LogP contribution is -2.36. The van der Waals surface area contributed by atoms with Gasteiger partial charge in [0.1, 0.15) is 0 Å². The van der Waals surface area contributed by atoms with Gasteiger partial charge >= 0.3 is 5.97 Å². The van der Waals surface area contributed by atoms with Gasteiger partial charge in [-0.1, -0.05) is 19.4 Å². The molecular formula is C24H32N2O5S. The Kier molecular flexibility index (Phi) is 7.56. The zero-order chi connectivity index (χ0) is 23.5. The Hall–Kier alpha value is -2.45. The van der Waals surface area contributed by atoms with Crippen LogP contribution in [0.2, 0.25) is 0 Å². The van der Waals surface area contributed by atoms with Gasteiger partial charge in [-0.15, -0.1) is 0 Å². The standard InChI is InChI=1S/C24H32N2O5S/c1-5-11-26-18(3)14-21(19(26)4)22(27)16-31-24(28)20-10-9-17(2)23(15-20)32(29,30)25-12-7-6-8-13-25/h9-10,14-15H,5-8,11-13,16H2,1-4H3. The van der Waals surface area contributed by atoms with Crippen LogP contribution in [0.4, 0.5) is 0 Å². The minimum Gasteiger partial charge on any atom is -0.454 e. The predicted octanol–water partition coefficient (Wildman–Crippen LogP) is 4.04. The second-order valence-electron chi connectivity index (χ2n) is 8.38. The molecule has 0 unspecified atom stereocenters. The molecule has 1 aliphatic rings. The fraction of sp³-hybridized carbons (Fsp3) is 0.500. The van der Waals surface area contributed by atoms with Crippen molar-refractivity contribution in [2.24, 2.45) is 0 Å². The molecule has 0 atom stereocenters. The number of hydrogen-bond acceptors (Lipinski definition) is 5. The average Bonchev–Trinajstić information content (AvgIpc) is 3.06. The Morgan fingerprint density at radius 3 is 2.38 bits per heavy atom. The highest BCUT2D eigenvalue weighted by atomic mass is 32.2. The number of hydrogen-bond donors (Lipinski definition) is 0. The van der Waals surface area contributed by atoms with E-state index in [2.05, 4.69) is 11.5 Å². The SMILES string of the molecule is CCCn1c(C)cc(C(=O)COC(=O)c2ccc(C)c(S(=O)(=O)N3CCCCC3)c2)c1C. The summed E-state index contributed by atoms with van der Waals surface area (Å²) in [6.07, 6.45) is 3.64. The first kappa shape index (κ1) is 24.2. The van der Waals surface area contributed by atoms with Gasteiger partial charge < -0.3 is 9.30 Å². The van der Waals surface area contributed by atoms with Crippen molar-refractivity contribution in [1.82, 2.24) is 8.87 Å². The fourth-order valence-corrected chi connectivity index (χ4v) is 5.96. The van der Waals surface area contributed by atoms with Crippen molar-refractivity contribution < 1.29 is 22.7 Å². The van der Waals surface area contributed by atoms with Gasteiger partial charge in [-0.25, -0.2) is 13.2 Å². The average molecular weight is 461 g/mol. The minimum atomic E-state index is -3.68. The summed E-state index contributed by atoms with van der Waals surface area (Å²) in [5.74, 6) is -0.988. The third-order valence-electron chi connectivity index (χ3n) is 6.01. The van der Waals surface area contributed by atoms with Crippen molar-refractivity contribution in [2.45, 2.75) is 64.8 Å². The summed E-state index contributed by atoms with van der Waals surface area (Å²) in [6.45, 7) is 9.02. The molecule has 3 rings (SSSR count). The Labute approximate surface area is 190 Å². The second kappa shape index (κ2) is 10.0. The molecule has 0 bridgehead atoms. The Morgan fingerprint density at radius 2 is 1.72 bits per heavy atom. The molecule has 174 valence electrons. The van der Waals surface area contributed by atoms with Gasteiger partial charge in [0.15, 0.2) is 6.61 Å². The molecule has 0 radical (unpaired) electrons. The summed E-state index contributed by atoms with van der Waals surface area (Å²) >= 11 is 0. The third-order valence-corrected chi connectivity index (χ3v) is 8.05. The zero-order valence-corrected chi connectivity index (χ0v) is 20.1. The Morgan fingerprint density at radius 1 is 1.03 bits per heavy atom. The number of benzene rings is 1. The topological polar surface area (TPSA) is 85.7 Å². The van der Waals surface area contributed by atoms with Crippen LogP contribution in [-0.2, 0) is 21.3 Å². The molecule has 1 fully saturated rings. The van der Waals surface area contributed by atoms with Crippen molar-refractivity contribution in [3.63, 3.8) is 0 Å². The molecule has 0 amide bonds. The lowest BCUT2D eigenvalue weighted by molar-refractivity contribution is 0.0474. The van der Waals surface area contributed by atoms with Crippen molar-refractivity contribution in [3.8, 4) is 0 Å². The molecule has 1 aromatic carbocycles. The van der Waals surface area contributed by atoms with Gasteiger partial charge in [0.2, 0.25) is 15.8 Å². The van der Waals surface area contributed by atoms with Crippen molar-refractivity contribution in [2.75, 3.05) is 19.7 Å². The number of Topliss-reactive ketones (excluding diaryl/α,β-unsaturated/α-hetero) is 1. The molecule has 2 heterocycles. The molecule has 1 aromatic heterocycles. The number of piperidine rings is 1. The van der Waals surface area contributed by atoms with Gasteiger partial charge in [-0.05, 0) is 63.8 Å². The van der Waals surface area contributed by atoms with Gasteiger partial charge in [0, 0.05) is 36.6 Å². The summed E-state index contributed by atoms with van der Waals surface area (Å²) in [6, 6.07) is 6.31. The van der Waals surface area contributed by atoms with Crippen LogP contribution in [0.15, 0.2) is 29.2 Å². The molecule has 1 saturated heterocycles. The van der Waals surface area contributed by atoms with Gasteiger partial charge in [0.05, 0.1) is 10.5 Å².